The van der Waals surface area contributed by atoms with Gasteiger partial charge in [0, 0.05) is 24.9 Å². The van der Waals surface area contributed by atoms with E-state index < -0.39 is 5.54 Å². The fraction of sp³-hybridized carbons (Fsp3) is 0.800. The predicted molar refractivity (Wildman–Crippen MR) is 53.4 cm³/mol. The van der Waals surface area contributed by atoms with Crippen LogP contribution in [0.15, 0.2) is 0 Å². The molecule has 2 amide bonds. The Labute approximate surface area is 84.4 Å². The van der Waals surface area contributed by atoms with Crippen molar-refractivity contribution in [1.82, 2.24) is 4.90 Å². The van der Waals surface area contributed by atoms with Crippen molar-refractivity contribution in [2.24, 2.45) is 11.7 Å². The van der Waals surface area contributed by atoms with E-state index in [-0.39, 0.29) is 17.7 Å². The van der Waals surface area contributed by atoms with E-state index in [0.29, 0.717) is 19.4 Å². The summed E-state index contributed by atoms with van der Waals surface area (Å²) >= 11 is 0. The number of hydrogen-bond acceptors (Lipinski definition) is 3. The zero-order valence-corrected chi connectivity index (χ0v) is 9.04. The first-order valence-corrected chi connectivity index (χ1v) is 4.91. The van der Waals surface area contributed by atoms with Gasteiger partial charge in [0.25, 0.3) is 0 Å². The second-order valence-corrected chi connectivity index (χ2v) is 4.88. The van der Waals surface area contributed by atoms with E-state index in [1.165, 1.54) is 4.90 Å². The lowest BCUT2D eigenvalue weighted by Crippen LogP contribution is -2.52. The Morgan fingerprint density at radius 1 is 1.36 bits per heavy atom. The van der Waals surface area contributed by atoms with Crippen molar-refractivity contribution < 1.29 is 9.59 Å². The average molecular weight is 198 g/mol. The normalized spacial score (nSPS) is 20.4. The van der Waals surface area contributed by atoms with E-state index in [2.05, 4.69) is 0 Å². The van der Waals surface area contributed by atoms with E-state index in [1.54, 1.807) is 0 Å². The van der Waals surface area contributed by atoms with Gasteiger partial charge in [0.2, 0.25) is 11.8 Å². The number of imide groups is 1. The van der Waals surface area contributed by atoms with Crippen LogP contribution >= 0.6 is 0 Å². The third kappa shape index (κ3) is 2.80. The maximum Gasteiger partial charge on any atom is 0.229 e. The van der Waals surface area contributed by atoms with Crippen LogP contribution in [0, 0.1) is 5.92 Å². The summed E-state index contributed by atoms with van der Waals surface area (Å²) in [5, 5.41) is 0. The van der Waals surface area contributed by atoms with Gasteiger partial charge in [-0.1, -0.05) is 6.92 Å². The topological polar surface area (TPSA) is 63.4 Å². The van der Waals surface area contributed by atoms with Gasteiger partial charge in [-0.2, -0.15) is 0 Å². The fourth-order valence-corrected chi connectivity index (χ4v) is 1.61. The third-order valence-corrected chi connectivity index (χ3v) is 2.21. The van der Waals surface area contributed by atoms with Crippen LogP contribution in [0.3, 0.4) is 0 Å². The Balaban J connectivity index is 2.68. The number of carbonyl (C=O) groups is 2. The van der Waals surface area contributed by atoms with Crippen LogP contribution in [-0.2, 0) is 9.59 Å². The third-order valence-electron chi connectivity index (χ3n) is 2.21. The number of nitrogens with two attached hydrogens (primary N) is 1. The lowest BCUT2D eigenvalue weighted by molar-refractivity contribution is -0.150. The molecule has 0 aliphatic carbocycles. The first-order chi connectivity index (χ1) is 6.29. The van der Waals surface area contributed by atoms with Crippen molar-refractivity contribution in [1.29, 1.82) is 0 Å². The highest BCUT2D eigenvalue weighted by atomic mass is 16.2. The molecule has 0 atom stereocenters. The molecule has 0 saturated carbocycles. The molecule has 0 bridgehead atoms. The van der Waals surface area contributed by atoms with Crippen molar-refractivity contribution in [2.45, 2.75) is 39.2 Å². The van der Waals surface area contributed by atoms with Crippen molar-refractivity contribution in [2.75, 3.05) is 6.54 Å². The summed E-state index contributed by atoms with van der Waals surface area (Å²) in [5.74, 6) is -0.00770. The number of amides is 2. The molecule has 4 nitrogen and oxygen atoms in total. The van der Waals surface area contributed by atoms with Gasteiger partial charge < -0.3 is 5.73 Å². The van der Waals surface area contributed by atoms with Crippen LogP contribution < -0.4 is 5.73 Å². The Bertz CT molecular complexity index is 237. The molecule has 0 aromatic heterocycles. The Hall–Kier alpha value is -0.900. The fourth-order valence-electron chi connectivity index (χ4n) is 1.61. The smallest absolute Gasteiger partial charge is 0.229 e. The molecule has 0 spiro atoms. The second kappa shape index (κ2) is 3.69. The Morgan fingerprint density at radius 2 is 1.79 bits per heavy atom. The van der Waals surface area contributed by atoms with Gasteiger partial charge in [-0.05, 0) is 19.8 Å². The zero-order chi connectivity index (χ0) is 10.9. The van der Waals surface area contributed by atoms with Crippen molar-refractivity contribution in [3.63, 3.8) is 0 Å². The number of hydrogen-bond donors (Lipinski definition) is 1. The highest BCUT2D eigenvalue weighted by Crippen LogP contribution is 2.19. The SMILES string of the molecule is CC1CC(=O)N(CC(C)(C)N)C(=O)C1. The summed E-state index contributed by atoms with van der Waals surface area (Å²) in [6.07, 6.45) is 0.920. The lowest BCUT2D eigenvalue weighted by atomic mass is 9.96. The number of rotatable bonds is 2. The minimum absolute atomic E-state index is 0.0905. The van der Waals surface area contributed by atoms with Crippen LogP contribution in [0.25, 0.3) is 0 Å². The number of likely N-dealkylation sites (tertiary alicyclic amines) is 1. The van der Waals surface area contributed by atoms with Gasteiger partial charge in [0.15, 0.2) is 0 Å². The molecule has 1 heterocycles. The molecule has 1 aliphatic heterocycles. The summed E-state index contributed by atoms with van der Waals surface area (Å²) in [5.41, 5.74) is 5.27. The van der Waals surface area contributed by atoms with Crippen molar-refractivity contribution in [3.05, 3.63) is 0 Å². The maximum absolute atomic E-state index is 11.5. The van der Waals surface area contributed by atoms with Gasteiger partial charge in [-0.25, -0.2) is 0 Å². The van der Waals surface area contributed by atoms with E-state index in [0.717, 1.165) is 0 Å². The van der Waals surface area contributed by atoms with E-state index >= 15 is 0 Å². The Morgan fingerprint density at radius 3 is 2.14 bits per heavy atom. The highest BCUT2D eigenvalue weighted by molar-refractivity contribution is 5.97. The quantitative estimate of drug-likeness (QED) is 0.657. The van der Waals surface area contributed by atoms with Crippen LogP contribution in [-0.4, -0.2) is 28.8 Å². The molecular weight excluding hydrogens is 180 g/mol. The molecule has 0 radical (unpaired) electrons. The standard InChI is InChI=1S/C10H18N2O2/c1-7-4-8(13)12(9(14)5-7)6-10(2,3)11/h7H,4-6,11H2,1-3H3. The predicted octanol–water partition coefficient (Wildman–Crippen LogP) is 0.509. The molecule has 0 aromatic rings. The molecule has 1 fully saturated rings. The van der Waals surface area contributed by atoms with Crippen LogP contribution in [0.1, 0.15) is 33.6 Å². The average Bonchev–Trinajstić information content (AvgIpc) is 1.95. The summed E-state index contributed by atoms with van der Waals surface area (Å²) < 4.78 is 0. The van der Waals surface area contributed by atoms with E-state index in [9.17, 15) is 9.59 Å². The molecule has 4 heteroatoms. The monoisotopic (exact) mass is 198 g/mol. The molecule has 14 heavy (non-hydrogen) atoms. The van der Waals surface area contributed by atoms with Crippen LogP contribution in [0.2, 0.25) is 0 Å². The minimum Gasteiger partial charge on any atom is -0.324 e. The zero-order valence-electron chi connectivity index (χ0n) is 9.04. The van der Waals surface area contributed by atoms with Gasteiger partial charge in [0.05, 0.1) is 0 Å². The summed E-state index contributed by atoms with van der Waals surface area (Å²) in [4.78, 5) is 24.4. The van der Waals surface area contributed by atoms with Gasteiger partial charge >= 0.3 is 0 Å². The molecule has 1 saturated heterocycles. The number of piperidine rings is 1. The van der Waals surface area contributed by atoms with Gasteiger partial charge in [-0.15, -0.1) is 0 Å². The highest BCUT2D eigenvalue weighted by Gasteiger charge is 2.32. The maximum atomic E-state index is 11.5. The molecular formula is C10H18N2O2. The molecule has 0 aromatic carbocycles. The Kier molecular flexibility index (Phi) is 2.95. The van der Waals surface area contributed by atoms with Gasteiger partial charge in [-0.3, -0.25) is 14.5 Å². The van der Waals surface area contributed by atoms with Crippen LogP contribution in [0.4, 0.5) is 0 Å². The molecule has 1 rings (SSSR count). The first kappa shape index (κ1) is 11.2. The summed E-state index contributed by atoms with van der Waals surface area (Å²) in [6.45, 7) is 5.86. The van der Waals surface area contributed by atoms with E-state index in [1.807, 2.05) is 20.8 Å². The molecule has 2 N–H and O–H groups in total. The van der Waals surface area contributed by atoms with Crippen molar-refractivity contribution in [3.8, 4) is 0 Å². The van der Waals surface area contributed by atoms with Crippen molar-refractivity contribution >= 4 is 11.8 Å². The largest absolute Gasteiger partial charge is 0.324 e. The second-order valence-electron chi connectivity index (χ2n) is 4.88. The van der Waals surface area contributed by atoms with Crippen LogP contribution in [0.5, 0.6) is 0 Å². The number of carbonyl (C=O) groups excluding carboxylic acids is 2. The van der Waals surface area contributed by atoms with E-state index in [4.69, 9.17) is 5.73 Å². The molecule has 80 valence electrons. The van der Waals surface area contributed by atoms with Gasteiger partial charge in [0.1, 0.15) is 0 Å². The summed E-state index contributed by atoms with van der Waals surface area (Å²) in [7, 11) is 0. The molecule has 1 aliphatic rings. The minimum atomic E-state index is -0.508. The molecule has 0 unspecified atom stereocenters. The first-order valence-electron chi connectivity index (χ1n) is 4.91. The number of nitrogens with zero attached hydrogens (tertiary/aromatic N) is 1. The lowest BCUT2D eigenvalue weighted by Gasteiger charge is -2.33. The summed E-state index contributed by atoms with van der Waals surface area (Å²) in [6, 6.07) is 0.